The van der Waals surface area contributed by atoms with Gasteiger partial charge in [-0.15, -0.1) is 0 Å². The van der Waals surface area contributed by atoms with Crippen LogP contribution in [0.3, 0.4) is 0 Å². The van der Waals surface area contributed by atoms with Crippen molar-refractivity contribution in [3.05, 3.63) is 110 Å². The average Bonchev–Trinajstić information content (AvgIpc) is 2.85. The third-order valence-electron chi connectivity index (χ3n) is 5.56. The summed E-state index contributed by atoms with van der Waals surface area (Å²) in [6.07, 6.45) is 5.52. The van der Waals surface area contributed by atoms with Crippen LogP contribution in [0.5, 0.6) is 0 Å². The van der Waals surface area contributed by atoms with Crippen LogP contribution in [0.15, 0.2) is 110 Å². The summed E-state index contributed by atoms with van der Waals surface area (Å²) >= 11 is 0. The minimum absolute atomic E-state index is 0.936. The van der Waals surface area contributed by atoms with Gasteiger partial charge in [-0.05, 0) is 36.4 Å². The van der Waals surface area contributed by atoms with Crippen molar-refractivity contribution < 1.29 is 0 Å². The lowest BCUT2D eigenvalue weighted by Gasteiger charge is -2.27. The smallest absolute Gasteiger partial charge is 0.0942 e. The molecule has 0 amide bonds. The molecule has 0 unspecified atom stereocenters. The Morgan fingerprint density at radius 2 is 0.710 bits per heavy atom. The molecule has 31 heavy (non-hydrogen) atoms. The third-order valence-corrected chi connectivity index (χ3v) is 5.56. The molecular weight excluding hydrogens is 380 g/mol. The Hall–Kier alpha value is -4.31. The largest absolute Gasteiger partial charge is 0.304 e. The van der Waals surface area contributed by atoms with Gasteiger partial charge in [0.2, 0.25) is 0 Å². The minimum Gasteiger partial charge on any atom is -0.304 e. The summed E-state index contributed by atoms with van der Waals surface area (Å²) in [5, 5.41) is 3.27. The van der Waals surface area contributed by atoms with Gasteiger partial charge in [0.25, 0.3) is 0 Å². The number of fused-ring (bicyclic) bond motifs is 3. The fourth-order valence-corrected chi connectivity index (χ4v) is 4.19. The van der Waals surface area contributed by atoms with E-state index in [1.165, 1.54) is 0 Å². The van der Waals surface area contributed by atoms with E-state index < -0.39 is 0 Å². The lowest BCUT2D eigenvalue weighted by molar-refractivity contribution is 1.27. The van der Waals surface area contributed by atoms with E-state index in [4.69, 9.17) is 15.0 Å². The third kappa shape index (κ3) is 2.89. The lowest BCUT2D eigenvalue weighted by atomic mass is 10.1. The molecule has 0 saturated heterocycles. The van der Waals surface area contributed by atoms with Crippen molar-refractivity contribution in [3.8, 4) is 0 Å². The molecule has 3 aromatic carbocycles. The second kappa shape index (κ2) is 7.18. The zero-order valence-electron chi connectivity index (χ0n) is 16.7. The number of hydrogen-bond acceptors (Lipinski definition) is 4. The second-order valence-electron chi connectivity index (χ2n) is 7.39. The van der Waals surface area contributed by atoms with Crippen molar-refractivity contribution in [2.45, 2.75) is 0 Å². The fourth-order valence-electron chi connectivity index (χ4n) is 4.19. The van der Waals surface area contributed by atoms with Crippen molar-refractivity contribution >= 4 is 49.8 Å². The van der Waals surface area contributed by atoms with Gasteiger partial charge in [0.1, 0.15) is 0 Å². The zero-order chi connectivity index (χ0) is 20.6. The van der Waals surface area contributed by atoms with Gasteiger partial charge in [0.15, 0.2) is 0 Å². The Balaban J connectivity index is 1.75. The van der Waals surface area contributed by atoms with E-state index in [1.807, 2.05) is 36.8 Å². The Kier molecular flexibility index (Phi) is 4.06. The first-order chi connectivity index (χ1) is 15.4. The molecule has 0 spiro atoms. The van der Waals surface area contributed by atoms with E-state index in [0.717, 1.165) is 49.8 Å². The molecule has 0 aliphatic carbocycles. The zero-order valence-corrected chi connectivity index (χ0v) is 16.7. The van der Waals surface area contributed by atoms with E-state index in [0.29, 0.717) is 0 Å². The normalized spacial score (nSPS) is 11.2. The molecule has 3 heterocycles. The summed E-state index contributed by atoms with van der Waals surface area (Å²) < 4.78 is 0. The van der Waals surface area contributed by atoms with Crippen LogP contribution in [-0.2, 0) is 0 Å². The van der Waals surface area contributed by atoms with Crippen molar-refractivity contribution in [2.24, 2.45) is 0 Å². The predicted octanol–water partition coefficient (Wildman–Crippen LogP) is 6.80. The van der Waals surface area contributed by atoms with Crippen molar-refractivity contribution in [1.82, 2.24) is 15.0 Å². The molecule has 3 aromatic heterocycles. The number of nitrogens with zero attached hydrogens (tertiary/aromatic N) is 4. The van der Waals surface area contributed by atoms with Crippen molar-refractivity contribution in [1.29, 1.82) is 0 Å². The lowest BCUT2D eigenvalue weighted by Crippen LogP contribution is -2.12. The first-order valence-electron chi connectivity index (χ1n) is 10.2. The van der Waals surface area contributed by atoms with Crippen LogP contribution in [0, 0.1) is 0 Å². The van der Waals surface area contributed by atoms with Crippen LogP contribution in [-0.4, -0.2) is 15.0 Å². The summed E-state index contributed by atoms with van der Waals surface area (Å²) in [7, 11) is 0. The van der Waals surface area contributed by atoms with Crippen molar-refractivity contribution in [3.63, 3.8) is 0 Å². The van der Waals surface area contributed by atoms with Crippen LogP contribution in [0.4, 0.5) is 17.1 Å². The summed E-state index contributed by atoms with van der Waals surface area (Å²) in [4.78, 5) is 16.4. The SMILES string of the molecule is c1cnc2c(N(c3cccc4cccnc34)c3cccc4cccnc34)cccc2c1. The molecule has 6 aromatic rings. The van der Waals surface area contributed by atoms with Gasteiger partial charge in [0, 0.05) is 34.7 Å². The van der Waals surface area contributed by atoms with Gasteiger partial charge >= 0.3 is 0 Å². The maximum atomic E-state index is 4.73. The molecule has 0 aliphatic rings. The van der Waals surface area contributed by atoms with Gasteiger partial charge in [-0.1, -0.05) is 54.6 Å². The molecule has 0 aliphatic heterocycles. The predicted molar refractivity (Wildman–Crippen MR) is 127 cm³/mol. The van der Waals surface area contributed by atoms with E-state index >= 15 is 0 Å². The molecule has 0 bridgehead atoms. The maximum absolute atomic E-state index is 4.73. The molecule has 146 valence electrons. The van der Waals surface area contributed by atoms with Crippen LogP contribution >= 0.6 is 0 Å². The highest BCUT2D eigenvalue weighted by molar-refractivity contribution is 6.06. The highest BCUT2D eigenvalue weighted by Gasteiger charge is 2.20. The van der Waals surface area contributed by atoms with E-state index in [1.54, 1.807) is 0 Å². The minimum atomic E-state index is 0.936. The molecule has 6 rings (SSSR count). The summed E-state index contributed by atoms with van der Waals surface area (Å²) in [6, 6.07) is 31.0. The number of aromatic nitrogens is 3. The van der Waals surface area contributed by atoms with E-state index in [9.17, 15) is 0 Å². The summed E-state index contributed by atoms with van der Waals surface area (Å²) in [5.74, 6) is 0. The van der Waals surface area contributed by atoms with E-state index in [2.05, 4.69) is 77.7 Å². The highest BCUT2D eigenvalue weighted by Crippen LogP contribution is 2.42. The van der Waals surface area contributed by atoms with Gasteiger partial charge in [0.05, 0.1) is 33.6 Å². The first kappa shape index (κ1) is 17.5. The standard InChI is InChI=1S/C27H18N4/c1-7-19-10-4-16-28-25(19)22(13-1)31(23-14-2-8-20-11-5-17-29-26(20)23)24-15-3-9-21-12-6-18-30-27(21)24/h1-18H. The summed E-state index contributed by atoms with van der Waals surface area (Å²) in [5.41, 5.74) is 5.79. The van der Waals surface area contributed by atoms with Crippen LogP contribution in [0.1, 0.15) is 0 Å². The van der Waals surface area contributed by atoms with Gasteiger partial charge < -0.3 is 4.90 Å². The Labute approximate surface area is 179 Å². The Morgan fingerprint density at radius 3 is 1.06 bits per heavy atom. The molecule has 0 N–H and O–H groups in total. The van der Waals surface area contributed by atoms with Crippen molar-refractivity contribution in [2.75, 3.05) is 4.90 Å². The topological polar surface area (TPSA) is 41.9 Å². The molecule has 0 saturated carbocycles. The number of para-hydroxylation sites is 3. The molecule has 0 atom stereocenters. The van der Waals surface area contributed by atoms with Crippen LogP contribution in [0.2, 0.25) is 0 Å². The number of anilines is 3. The van der Waals surface area contributed by atoms with Gasteiger partial charge in [-0.25, -0.2) is 0 Å². The molecule has 4 nitrogen and oxygen atoms in total. The van der Waals surface area contributed by atoms with E-state index in [-0.39, 0.29) is 0 Å². The number of pyridine rings is 3. The Bertz CT molecular complexity index is 1350. The maximum Gasteiger partial charge on any atom is 0.0942 e. The average molecular weight is 398 g/mol. The monoisotopic (exact) mass is 398 g/mol. The summed E-state index contributed by atoms with van der Waals surface area (Å²) in [6.45, 7) is 0. The van der Waals surface area contributed by atoms with Gasteiger partial charge in [-0.2, -0.15) is 0 Å². The molecule has 4 heteroatoms. The number of hydrogen-bond donors (Lipinski definition) is 0. The Morgan fingerprint density at radius 1 is 0.387 bits per heavy atom. The first-order valence-corrected chi connectivity index (χ1v) is 10.2. The molecule has 0 fully saturated rings. The number of rotatable bonds is 3. The van der Waals surface area contributed by atoms with Crippen LogP contribution in [0.25, 0.3) is 32.7 Å². The van der Waals surface area contributed by atoms with Crippen LogP contribution < -0.4 is 4.90 Å². The second-order valence-corrected chi connectivity index (χ2v) is 7.39. The molecule has 0 radical (unpaired) electrons. The quantitative estimate of drug-likeness (QED) is 0.329. The van der Waals surface area contributed by atoms with Gasteiger partial charge in [-0.3, -0.25) is 15.0 Å². The number of benzene rings is 3. The molecular formula is C27H18N4. The fraction of sp³-hybridized carbons (Fsp3) is 0. The highest BCUT2D eigenvalue weighted by atomic mass is 15.2.